The third-order valence-corrected chi connectivity index (χ3v) is 3.67. The summed E-state index contributed by atoms with van der Waals surface area (Å²) in [6.45, 7) is 0. The van der Waals surface area contributed by atoms with Gasteiger partial charge in [0.25, 0.3) is 5.03 Å². The van der Waals surface area contributed by atoms with Gasteiger partial charge in [0.15, 0.2) is 12.0 Å². The Balaban J connectivity index is 2.09. The molecule has 21 heavy (non-hydrogen) atoms. The lowest BCUT2D eigenvalue weighted by atomic mass is 10.1. The molecule has 0 aliphatic rings. The SMILES string of the molecule is O=C(CSc1cccc[n+]1[O-])c1cccc(C(F)(F)F)c1. The molecule has 0 unspecified atom stereocenters. The summed E-state index contributed by atoms with van der Waals surface area (Å²) in [4.78, 5) is 11.9. The van der Waals surface area contributed by atoms with E-state index in [4.69, 9.17) is 0 Å². The number of rotatable bonds is 4. The average Bonchev–Trinajstić information content (AvgIpc) is 2.45. The summed E-state index contributed by atoms with van der Waals surface area (Å²) in [5, 5.41) is 11.7. The first-order valence-corrected chi connectivity index (χ1v) is 6.88. The molecule has 110 valence electrons. The molecule has 0 spiro atoms. The van der Waals surface area contributed by atoms with Gasteiger partial charge in [-0.1, -0.05) is 12.1 Å². The molecule has 0 amide bonds. The van der Waals surface area contributed by atoms with E-state index in [0.29, 0.717) is 9.76 Å². The average molecular weight is 313 g/mol. The summed E-state index contributed by atoms with van der Waals surface area (Å²) >= 11 is 0.983. The number of benzene rings is 1. The number of ketones is 1. The Morgan fingerprint density at radius 1 is 1.19 bits per heavy atom. The van der Waals surface area contributed by atoms with Gasteiger partial charge in [-0.2, -0.15) is 17.9 Å². The molecule has 0 saturated carbocycles. The standard InChI is InChI=1S/C14H10F3NO2S/c15-14(16,17)11-5-3-4-10(8-11)12(19)9-21-13-6-1-2-7-18(13)20/h1-8H,9H2. The summed E-state index contributed by atoms with van der Waals surface area (Å²) < 4.78 is 38.3. The maximum absolute atomic E-state index is 12.6. The van der Waals surface area contributed by atoms with Crippen molar-refractivity contribution in [2.24, 2.45) is 0 Å². The minimum Gasteiger partial charge on any atom is -0.618 e. The fourth-order valence-corrected chi connectivity index (χ4v) is 2.42. The Bertz CT molecular complexity index is 659. The minimum absolute atomic E-state index is 0.0225. The van der Waals surface area contributed by atoms with E-state index in [0.717, 1.165) is 23.9 Å². The van der Waals surface area contributed by atoms with Gasteiger partial charge >= 0.3 is 6.18 Å². The lowest BCUT2D eigenvalue weighted by Crippen LogP contribution is -2.28. The van der Waals surface area contributed by atoms with Gasteiger partial charge in [0, 0.05) is 17.7 Å². The Morgan fingerprint density at radius 2 is 1.95 bits per heavy atom. The van der Waals surface area contributed by atoms with Gasteiger partial charge in [0.2, 0.25) is 0 Å². The first-order valence-electron chi connectivity index (χ1n) is 5.89. The smallest absolute Gasteiger partial charge is 0.416 e. The lowest BCUT2D eigenvalue weighted by molar-refractivity contribution is -0.645. The molecule has 1 heterocycles. The Kier molecular flexibility index (Phi) is 4.52. The van der Waals surface area contributed by atoms with Crippen molar-refractivity contribution in [2.75, 3.05) is 5.75 Å². The molecule has 3 nitrogen and oxygen atoms in total. The molecule has 2 aromatic rings. The van der Waals surface area contributed by atoms with E-state index in [-0.39, 0.29) is 11.3 Å². The number of carbonyl (C=O) groups is 1. The quantitative estimate of drug-likeness (QED) is 0.376. The van der Waals surface area contributed by atoms with Gasteiger partial charge in [-0.05, 0) is 30.0 Å². The topological polar surface area (TPSA) is 44.0 Å². The second-order valence-electron chi connectivity index (χ2n) is 4.16. The number of Topliss-reactive ketones (excluding diaryl/α,β-unsaturated/α-hetero) is 1. The maximum Gasteiger partial charge on any atom is 0.416 e. The van der Waals surface area contributed by atoms with Crippen molar-refractivity contribution in [3.8, 4) is 0 Å². The van der Waals surface area contributed by atoms with Crippen molar-refractivity contribution in [2.45, 2.75) is 11.2 Å². The number of hydrogen-bond acceptors (Lipinski definition) is 3. The van der Waals surface area contributed by atoms with Crippen LogP contribution in [0.3, 0.4) is 0 Å². The molecule has 2 rings (SSSR count). The zero-order valence-corrected chi connectivity index (χ0v) is 11.4. The highest BCUT2D eigenvalue weighted by Gasteiger charge is 2.30. The van der Waals surface area contributed by atoms with Crippen LogP contribution >= 0.6 is 11.8 Å². The van der Waals surface area contributed by atoms with Crippen LogP contribution in [0, 0.1) is 5.21 Å². The zero-order chi connectivity index (χ0) is 15.5. The van der Waals surface area contributed by atoms with E-state index in [1.165, 1.54) is 24.4 Å². The predicted octanol–water partition coefficient (Wildman–Crippen LogP) is 3.31. The molecular formula is C14H10F3NO2S. The maximum atomic E-state index is 12.6. The summed E-state index contributed by atoms with van der Waals surface area (Å²) in [7, 11) is 0. The molecule has 0 aliphatic carbocycles. The highest BCUT2D eigenvalue weighted by atomic mass is 32.2. The summed E-state index contributed by atoms with van der Waals surface area (Å²) in [6.07, 6.45) is -3.20. The second kappa shape index (κ2) is 6.17. The lowest BCUT2D eigenvalue weighted by Gasteiger charge is -2.08. The third-order valence-electron chi connectivity index (χ3n) is 2.65. The van der Waals surface area contributed by atoms with Crippen molar-refractivity contribution in [3.05, 3.63) is 65.0 Å². The van der Waals surface area contributed by atoms with Crippen LogP contribution in [0.5, 0.6) is 0 Å². The number of alkyl halides is 3. The minimum atomic E-state index is -4.49. The van der Waals surface area contributed by atoms with Crippen molar-refractivity contribution in [1.82, 2.24) is 0 Å². The molecule has 0 aliphatic heterocycles. The predicted molar refractivity (Wildman–Crippen MR) is 71.9 cm³/mol. The number of nitrogens with zero attached hydrogens (tertiary/aromatic N) is 1. The number of hydrogen-bond donors (Lipinski definition) is 0. The van der Waals surface area contributed by atoms with Gasteiger partial charge in [0.1, 0.15) is 0 Å². The number of halogens is 3. The molecule has 0 radical (unpaired) electrons. The molecule has 0 fully saturated rings. The first-order chi connectivity index (χ1) is 9.88. The number of aromatic nitrogens is 1. The summed E-state index contributed by atoms with van der Waals surface area (Å²) in [5.74, 6) is -0.567. The number of thioether (sulfide) groups is 1. The summed E-state index contributed by atoms with van der Waals surface area (Å²) in [5.41, 5.74) is -0.886. The Labute approximate surface area is 123 Å². The van der Waals surface area contributed by atoms with Crippen molar-refractivity contribution >= 4 is 17.5 Å². The van der Waals surface area contributed by atoms with E-state index in [9.17, 15) is 23.2 Å². The van der Waals surface area contributed by atoms with Crippen LogP contribution in [0.15, 0.2) is 53.7 Å². The first kappa shape index (κ1) is 15.4. The van der Waals surface area contributed by atoms with Crippen LogP contribution in [0.25, 0.3) is 0 Å². The molecule has 1 aromatic heterocycles. The van der Waals surface area contributed by atoms with Crippen molar-refractivity contribution in [3.63, 3.8) is 0 Å². The van der Waals surface area contributed by atoms with Gasteiger partial charge in [-0.3, -0.25) is 4.79 Å². The van der Waals surface area contributed by atoms with E-state index in [1.807, 2.05) is 0 Å². The highest BCUT2D eigenvalue weighted by Crippen LogP contribution is 2.29. The largest absolute Gasteiger partial charge is 0.618 e. The zero-order valence-electron chi connectivity index (χ0n) is 10.6. The normalized spacial score (nSPS) is 11.4. The van der Waals surface area contributed by atoms with E-state index in [1.54, 1.807) is 12.1 Å². The van der Waals surface area contributed by atoms with Crippen LogP contribution in [0.2, 0.25) is 0 Å². The monoisotopic (exact) mass is 313 g/mol. The summed E-state index contributed by atoms with van der Waals surface area (Å²) in [6, 6.07) is 8.98. The molecule has 0 atom stereocenters. The van der Waals surface area contributed by atoms with E-state index >= 15 is 0 Å². The highest BCUT2D eigenvalue weighted by molar-refractivity contribution is 7.99. The number of carbonyl (C=O) groups excluding carboxylic acids is 1. The Hall–Kier alpha value is -2.02. The van der Waals surface area contributed by atoms with E-state index in [2.05, 4.69) is 0 Å². The fraction of sp³-hybridized carbons (Fsp3) is 0.143. The van der Waals surface area contributed by atoms with Crippen molar-refractivity contribution in [1.29, 1.82) is 0 Å². The molecule has 7 heteroatoms. The van der Waals surface area contributed by atoms with Crippen molar-refractivity contribution < 1.29 is 22.7 Å². The van der Waals surface area contributed by atoms with Crippen LogP contribution in [-0.4, -0.2) is 11.5 Å². The number of pyridine rings is 1. The molecule has 0 bridgehead atoms. The molecule has 0 saturated heterocycles. The van der Waals surface area contributed by atoms with Crippen LogP contribution in [0.1, 0.15) is 15.9 Å². The van der Waals surface area contributed by atoms with Crippen LogP contribution < -0.4 is 4.73 Å². The Morgan fingerprint density at radius 3 is 2.62 bits per heavy atom. The molecular weight excluding hydrogens is 303 g/mol. The van der Waals surface area contributed by atoms with Crippen LogP contribution in [0.4, 0.5) is 13.2 Å². The van der Waals surface area contributed by atoms with Gasteiger partial charge in [0.05, 0.1) is 11.3 Å². The molecule has 0 N–H and O–H groups in total. The molecule has 1 aromatic carbocycles. The van der Waals surface area contributed by atoms with Gasteiger partial charge in [-0.25, -0.2) is 0 Å². The van der Waals surface area contributed by atoms with E-state index < -0.39 is 17.5 Å². The third kappa shape index (κ3) is 3.98. The van der Waals surface area contributed by atoms with Crippen LogP contribution in [-0.2, 0) is 6.18 Å². The fourth-order valence-electron chi connectivity index (χ4n) is 1.62. The second-order valence-corrected chi connectivity index (χ2v) is 5.15. The van der Waals surface area contributed by atoms with Gasteiger partial charge < -0.3 is 5.21 Å². The van der Waals surface area contributed by atoms with Gasteiger partial charge in [-0.15, -0.1) is 0 Å².